The summed E-state index contributed by atoms with van der Waals surface area (Å²) in [4.78, 5) is 11.9. The second-order valence-corrected chi connectivity index (χ2v) is 6.75. The van der Waals surface area contributed by atoms with Crippen LogP contribution in [0.15, 0.2) is 24.3 Å². The van der Waals surface area contributed by atoms with E-state index in [4.69, 9.17) is 11.6 Å². The number of anilines is 1. The Balaban J connectivity index is 1.84. The van der Waals surface area contributed by atoms with Crippen LogP contribution < -0.4 is 10.6 Å². The SMILES string of the molecule is CC1(C)C(NCC(=O)Nc2cccc(Cl)c2)C1(C)C. The Bertz CT molecular complexity index is 483. The molecule has 0 saturated heterocycles. The Kier molecular flexibility index (Phi) is 3.63. The Hall–Kier alpha value is -1.06. The molecule has 2 N–H and O–H groups in total. The van der Waals surface area contributed by atoms with E-state index >= 15 is 0 Å². The summed E-state index contributed by atoms with van der Waals surface area (Å²) in [7, 11) is 0. The lowest BCUT2D eigenvalue weighted by atomic mass is 10.0. The van der Waals surface area contributed by atoms with Gasteiger partial charge in [0.15, 0.2) is 0 Å². The molecular formula is C15H21ClN2O. The molecule has 4 heteroatoms. The molecule has 0 aliphatic heterocycles. The van der Waals surface area contributed by atoms with Crippen LogP contribution in [-0.2, 0) is 4.79 Å². The summed E-state index contributed by atoms with van der Waals surface area (Å²) in [6.07, 6.45) is 0. The Morgan fingerprint density at radius 1 is 1.26 bits per heavy atom. The van der Waals surface area contributed by atoms with Gasteiger partial charge in [0.2, 0.25) is 5.91 Å². The van der Waals surface area contributed by atoms with Crippen molar-refractivity contribution in [3.8, 4) is 0 Å². The quantitative estimate of drug-likeness (QED) is 0.888. The van der Waals surface area contributed by atoms with Crippen LogP contribution in [0.2, 0.25) is 5.02 Å². The zero-order valence-corrected chi connectivity index (χ0v) is 12.6. The van der Waals surface area contributed by atoms with E-state index < -0.39 is 0 Å². The van der Waals surface area contributed by atoms with E-state index in [1.807, 2.05) is 12.1 Å². The first-order chi connectivity index (χ1) is 8.75. The third-order valence-corrected chi connectivity index (χ3v) is 4.83. The molecule has 19 heavy (non-hydrogen) atoms. The van der Waals surface area contributed by atoms with E-state index in [0.29, 0.717) is 17.6 Å². The maximum absolute atomic E-state index is 11.9. The molecule has 1 fully saturated rings. The molecule has 1 saturated carbocycles. The van der Waals surface area contributed by atoms with Gasteiger partial charge in [-0.05, 0) is 29.0 Å². The third-order valence-electron chi connectivity index (χ3n) is 4.60. The van der Waals surface area contributed by atoms with E-state index in [-0.39, 0.29) is 16.7 Å². The van der Waals surface area contributed by atoms with Crippen LogP contribution in [0.4, 0.5) is 5.69 Å². The van der Waals surface area contributed by atoms with Crippen LogP contribution in [0.3, 0.4) is 0 Å². The molecule has 2 rings (SSSR count). The average molecular weight is 281 g/mol. The largest absolute Gasteiger partial charge is 0.325 e. The number of hydrogen-bond acceptors (Lipinski definition) is 2. The van der Waals surface area contributed by atoms with Gasteiger partial charge in [0.1, 0.15) is 0 Å². The first-order valence-corrected chi connectivity index (χ1v) is 6.92. The van der Waals surface area contributed by atoms with Gasteiger partial charge in [-0.15, -0.1) is 0 Å². The Morgan fingerprint density at radius 3 is 2.42 bits per heavy atom. The van der Waals surface area contributed by atoms with Crippen molar-refractivity contribution < 1.29 is 4.79 Å². The van der Waals surface area contributed by atoms with Gasteiger partial charge in [0, 0.05) is 16.8 Å². The molecule has 1 aliphatic rings. The molecule has 0 unspecified atom stereocenters. The van der Waals surface area contributed by atoms with Crippen LogP contribution in [-0.4, -0.2) is 18.5 Å². The van der Waals surface area contributed by atoms with E-state index in [1.54, 1.807) is 12.1 Å². The van der Waals surface area contributed by atoms with Crippen molar-refractivity contribution >= 4 is 23.2 Å². The summed E-state index contributed by atoms with van der Waals surface area (Å²) in [6.45, 7) is 9.21. The molecule has 0 atom stereocenters. The summed E-state index contributed by atoms with van der Waals surface area (Å²) in [5, 5.41) is 6.78. The minimum atomic E-state index is -0.0410. The van der Waals surface area contributed by atoms with Gasteiger partial charge in [-0.25, -0.2) is 0 Å². The topological polar surface area (TPSA) is 41.1 Å². The fourth-order valence-electron chi connectivity index (χ4n) is 2.67. The maximum atomic E-state index is 11.9. The van der Waals surface area contributed by atoms with Crippen molar-refractivity contribution in [3.05, 3.63) is 29.3 Å². The summed E-state index contributed by atoms with van der Waals surface area (Å²) in [5.41, 5.74) is 1.21. The number of benzene rings is 1. The number of nitrogens with one attached hydrogen (secondary N) is 2. The first-order valence-electron chi connectivity index (χ1n) is 6.54. The predicted octanol–water partition coefficient (Wildman–Crippen LogP) is 3.30. The van der Waals surface area contributed by atoms with Crippen molar-refractivity contribution in [2.45, 2.75) is 33.7 Å². The number of carbonyl (C=O) groups excluding carboxylic acids is 1. The fourth-order valence-corrected chi connectivity index (χ4v) is 2.86. The van der Waals surface area contributed by atoms with Crippen LogP contribution in [0, 0.1) is 10.8 Å². The maximum Gasteiger partial charge on any atom is 0.238 e. The van der Waals surface area contributed by atoms with Crippen LogP contribution >= 0.6 is 11.6 Å². The molecular weight excluding hydrogens is 260 g/mol. The Labute approximate surface area is 119 Å². The number of halogens is 1. The second-order valence-electron chi connectivity index (χ2n) is 6.32. The van der Waals surface area contributed by atoms with Gasteiger partial charge in [0.05, 0.1) is 6.54 Å². The van der Waals surface area contributed by atoms with Crippen molar-refractivity contribution in [2.75, 3.05) is 11.9 Å². The highest BCUT2D eigenvalue weighted by Crippen LogP contribution is 2.62. The minimum Gasteiger partial charge on any atom is -0.325 e. The van der Waals surface area contributed by atoms with E-state index in [0.717, 1.165) is 5.69 Å². The van der Waals surface area contributed by atoms with Gasteiger partial charge in [-0.2, -0.15) is 0 Å². The summed E-state index contributed by atoms with van der Waals surface area (Å²) in [5.74, 6) is -0.0410. The summed E-state index contributed by atoms with van der Waals surface area (Å²) >= 11 is 5.87. The van der Waals surface area contributed by atoms with Gasteiger partial charge >= 0.3 is 0 Å². The zero-order chi connectivity index (χ0) is 14.3. The van der Waals surface area contributed by atoms with Crippen LogP contribution in [0.5, 0.6) is 0 Å². The van der Waals surface area contributed by atoms with Crippen molar-refractivity contribution in [3.63, 3.8) is 0 Å². The first kappa shape index (κ1) is 14.4. The molecule has 104 valence electrons. The van der Waals surface area contributed by atoms with Crippen LogP contribution in [0.1, 0.15) is 27.7 Å². The number of rotatable bonds is 4. The number of carbonyl (C=O) groups is 1. The lowest BCUT2D eigenvalue weighted by Gasteiger charge is -2.08. The standard InChI is InChI=1S/C15H21ClN2O/c1-14(2)13(15(14,3)4)17-9-12(19)18-11-7-5-6-10(16)8-11/h5-8,13,17H,9H2,1-4H3,(H,18,19). The van der Waals surface area contributed by atoms with Gasteiger partial charge in [-0.1, -0.05) is 45.4 Å². The third kappa shape index (κ3) is 2.77. The molecule has 0 radical (unpaired) electrons. The molecule has 1 aliphatic carbocycles. The van der Waals surface area contributed by atoms with E-state index in [1.165, 1.54) is 0 Å². The number of hydrogen-bond donors (Lipinski definition) is 2. The van der Waals surface area contributed by atoms with Crippen molar-refractivity contribution in [1.29, 1.82) is 0 Å². The second kappa shape index (κ2) is 4.80. The average Bonchev–Trinajstić information content (AvgIpc) is 2.66. The monoisotopic (exact) mass is 280 g/mol. The molecule has 0 heterocycles. The van der Waals surface area contributed by atoms with Gasteiger partial charge in [0.25, 0.3) is 0 Å². The highest BCUT2D eigenvalue weighted by Gasteiger charge is 2.64. The fraction of sp³-hybridized carbons (Fsp3) is 0.533. The lowest BCUT2D eigenvalue weighted by Crippen LogP contribution is -2.32. The lowest BCUT2D eigenvalue weighted by molar-refractivity contribution is -0.115. The van der Waals surface area contributed by atoms with Crippen LogP contribution in [0.25, 0.3) is 0 Å². The van der Waals surface area contributed by atoms with Gasteiger partial charge < -0.3 is 10.6 Å². The van der Waals surface area contributed by atoms with Crippen molar-refractivity contribution in [1.82, 2.24) is 5.32 Å². The predicted molar refractivity (Wildman–Crippen MR) is 79.4 cm³/mol. The summed E-state index contributed by atoms with van der Waals surface area (Å²) < 4.78 is 0. The molecule has 0 aromatic heterocycles. The summed E-state index contributed by atoms with van der Waals surface area (Å²) in [6, 6.07) is 7.55. The Morgan fingerprint density at radius 2 is 1.89 bits per heavy atom. The highest BCUT2D eigenvalue weighted by atomic mass is 35.5. The molecule has 1 aromatic rings. The van der Waals surface area contributed by atoms with E-state index in [9.17, 15) is 4.79 Å². The number of amides is 1. The molecule has 1 aromatic carbocycles. The molecule has 3 nitrogen and oxygen atoms in total. The smallest absolute Gasteiger partial charge is 0.238 e. The van der Waals surface area contributed by atoms with Gasteiger partial charge in [-0.3, -0.25) is 4.79 Å². The van der Waals surface area contributed by atoms with Crippen molar-refractivity contribution in [2.24, 2.45) is 10.8 Å². The highest BCUT2D eigenvalue weighted by molar-refractivity contribution is 6.30. The molecule has 1 amide bonds. The normalized spacial score (nSPS) is 20.1. The van der Waals surface area contributed by atoms with E-state index in [2.05, 4.69) is 38.3 Å². The molecule has 0 spiro atoms. The zero-order valence-electron chi connectivity index (χ0n) is 11.9. The molecule has 0 bridgehead atoms. The minimum absolute atomic E-state index is 0.0410.